The van der Waals surface area contributed by atoms with Gasteiger partial charge >= 0.3 is 0 Å². The molecule has 1 aliphatic carbocycles. The molecule has 0 unspecified atom stereocenters. The first-order valence-corrected chi connectivity index (χ1v) is 8.31. The molecule has 114 valence electrons. The summed E-state index contributed by atoms with van der Waals surface area (Å²) in [5.74, 6) is -0.878. The first-order valence-electron chi connectivity index (χ1n) is 6.83. The second-order valence-electron chi connectivity index (χ2n) is 5.16. The van der Waals surface area contributed by atoms with Gasteiger partial charge < -0.3 is 5.32 Å². The third kappa shape index (κ3) is 4.04. The van der Waals surface area contributed by atoms with Crippen molar-refractivity contribution < 1.29 is 18.0 Å². The molecule has 0 spiro atoms. The molecule has 0 aromatic heterocycles. The van der Waals surface area contributed by atoms with E-state index in [0.717, 1.165) is 25.7 Å². The van der Waals surface area contributed by atoms with E-state index in [-0.39, 0.29) is 16.7 Å². The smallest absolute Gasteiger partial charge is 0.264 e. The second kappa shape index (κ2) is 6.26. The molecule has 0 aliphatic heterocycles. The Kier molecular flexibility index (Phi) is 4.62. The van der Waals surface area contributed by atoms with Crippen LogP contribution < -0.4 is 10.0 Å². The van der Waals surface area contributed by atoms with Gasteiger partial charge in [-0.15, -0.1) is 0 Å². The Morgan fingerprint density at radius 2 is 1.67 bits per heavy atom. The molecule has 1 fully saturated rings. The lowest BCUT2D eigenvalue weighted by Crippen LogP contribution is -2.34. The fourth-order valence-corrected chi connectivity index (χ4v) is 3.43. The number of anilines is 1. The van der Waals surface area contributed by atoms with Crippen molar-refractivity contribution in [2.75, 3.05) is 5.32 Å². The Morgan fingerprint density at radius 3 is 2.19 bits per heavy atom. The topological polar surface area (TPSA) is 92.3 Å². The Morgan fingerprint density at radius 1 is 1.10 bits per heavy atom. The van der Waals surface area contributed by atoms with Crippen LogP contribution in [0, 0.1) is 5.92 Å². The van der Waals surface area contributed by atoms with Crippen LogP contribution in [0.15, 0.2) is 29.2 Å². The normalized spacial score (nSPS) is 15.7. The van der Waals surface area contributed by atoms with Crippen LogP contribution in [0.1, 0.15) is 32.6 Å². The van der Waals surface area contributed by atoms with Gasteiger partial charge in [-0.05, 0) is 37.1 Å². The molecule has 21 heavy (non-hydrogen) atoms. The van der Waals surface area contributed by atoms with Crippen molar-refractivity contribution in [2.45, 2.75) is 37.5 Å². The summed E-state index contributed by atoms with van der Waals surface area (Å²) in [4.78, 5) is 22.8. The van der Waals surface area contributed by atoms with E-state index in [1.807, 2.05) is 0 Å². The number of benzene rings is 1. The zero-order chi connectivity index (χ0) is 15.5. The van der Waals surface area contributed by atoms with Crippen molar-refractivity contribution in [3.8, 4) is 0 Å². The van der Waals surface area contributed by atoms with Gasteiger partial charge in [0.05, 0.1) is 4.90 Å². The van der Waals surface area contributed by atoms with Crippen LogP contribution in [0.3, 0.4) is 0 Å². The standard InChI is InChI=1S/C14H18N2O4S/c1-10(17)15-12-6-8-13(9-7-12)21(19,20)16-14(18)11-4-2-3-5-11/h6-9,11H,2-5H2,1H3,(H,15,17)(H,16,18). The molecule has 1 aliphatic rings. The van der Waals surface area contributed by atoms with Gasteiger partial charge in [0.1, 0.15) is 0 Å². The maximum atomic E-state index is 12.1. The zero-order valence-corrected chi connectivity index (χ0v) is 12.6. The molecule has 0 saturated heterocycles. The number of nitrogens with one attached hydrogen (secondary N) is 2. The number of sulfonamides is 1. The minimum atomic E-state index is -3.85. The lowest BCUT2D eigenvalue weighted by Gasteiger charge is -2.11. The Balaban J connectivity index is 2.08. The lowest BCUT2D eigenvalue weighted by atomic mass is 10.1. The molecule has 1 aromatic carbocycles. The largest absolute Gasteiger partial charge is 0.326 e. The third-order valence-electron chi connectivity index (χ3n) is 3.45. The molecule has 1 aromatic rings. The van der Waals surface area contributed by atoms with Crippen LogP contribution in [-0.4, -0.2) is 20.2 Å². The van der Waals surface area contributed by atoms with Crippen molar-refractivity contribution in [1.29, 1.82) is 0 Å². The van der Waals surface area contributed by atoms with Crippen molar-refractivity contribution >= 4 is 27.5 Å². The third-order valence-corrected chi connectivity index (χ3v) is 4.81. The predicted octanol–water partition coefficient (Wildman–Crippen LogP) is 1.64. The number of carbonyl (C=O) groups excluding carboxylic acids is 2. The number of hydrogen-bond donors (Lipinski definition) is 2. The van der Waals surface area contributed by atoms with Crippen LogP contribution in [-0.2, 0) is 19.6 Å². The number of carbonyl (C=O) groups is 2. The summed E-state index contributed by atoms with van der Waals surface area (Å²) in [6.45, 7) is 1.37. The van der Waals surface area contributed by atoms with Gasteiger partial charge in [0.15, 0.2) is 0 Å². The molecule has 2 amide bonds. The summed E-state index contributed by atoms with van der Waals surface area (Å²) in [5, 5.41) is 2.55. The summed E-state index contributed by atoms with van der Waals surface area (Å²) in [7, 11) is -3.85. The van der Waals surface area contributed by atoms with Crippen LogP contribution in [0.4, 0.5) is 5.69 Å². The molecule has 2 rings (SSSR count). The van der Waals surface area contributed by atoms with E-state index >= 15 is 0 Å². The summed E-state index contributed by atoms with van der Waals surface area (Å²) < 4.78 is 26.3. The van der Waals surface area contributed by atoms with Crippen molar-refractivity contribution in [3.63, 3.8) is 0 Å². The maximum Gasteiger partial charge on any atom is 0.264 e. The fraction of sp³-hybridized carbons (Fsp3) is 0.429. The molecular formula is C14H18N2O4S. The predicted molar refractivity (Wildman–Crippen MR) is 78.0 cm³/mol. The molecule has 0 heterocycles. The molecular weight excluding hydrogens is 292 g/mol. The fourth-order valence-electron chi connectivity index (χ4n) is 2.38. The highest BCUT2D eigenvalue weighted by molar-refractivity contribution is 7.90. The van der Waals surface area contributed by atoms with Crippen LogP contribution in [0.5, 0.6) is 0 Å². The van der Waals surface area contributed by atoms with E-state index < -0.39 is 15.9 Å². The van der Waals surface area contributed by atoms with Crippen molar-refractivity contribution in [2.24, 2.45) is 5.92 Å². The van der Waals surface area contributed by atoms with E-state index in [1.54, 1.807) is 0 Å². The summed E-state index contributed by atoms with van der Waals surface area (Å²) in [6.07, 6.45) is 3.40. The van der Waals surface area contributed by atoms with Crippen LogP contribution in [0.25, 0.3) is 0 Å². The molecule has 0 bridgehead atoms. The lowest BCUT2D eigenvalue weighted by molar-refractivity contribution is -0.123. The van der Waals surface area contributed by atoms with Crippen LogP contribution >= 0.6 is 0 Å². The Bertz CT molecular complexity index is 631. The van der Waals surface area contributed by atoms with Gasteiger partial charge in [-0.2, -0.15) is 0 Å². The van der Waals surface area contributed by atoms with Crippen molar-refractivity contribution in [1.82, 2.24) is 4.72 Å². The summed E-state index contributed by atoms with van der Waals surface area (Å²) in [6, 6.07) is 5.68. The van der Waals surface area contributed by atoms with E-state index in [1.165, 1.54) is 31.2 Å². The highest BCUT2D eigenvalue weighted by atomic mass is 32.2. The molecule has 7 heteroatoms. The molecule has 0 atom stereocenters. The summed E-state index contributed by atoms with van der Waals surface area (Å²) in [5.41, 5.74) is 0.503. The SMILES string of the molecule is CC(=O)Nc1ccc(S(=O)(=O)NC(=O)C2CCCC2)cc1. The van der Waals surface area contributed by atoms with E-state index in [0.29, 0.717) is 5.69 Å². The van der Waals surface area contributed by atoms with Gasteiger partial charge in [0, 0.05) is 18.5 Å². The Labute approximate surface area is 124 Å². The molecule has 2 N–H and O–H groups in total. The highest BCUT2D eigenvalue weighted by Crippen LogP contribution is 2.25. The quantitative estimate of drug-likeness (QED) is 0.884. The van der Waals surface area contributed by atoms with E-state index in [4.69, 9.17) is 0 Å². The Hall–Kier alpha value is -1.89. The molecule has 0 radical (unpaired) electrons. The highest BCUT2D eigenvalue weighted by Gasteiger charge is 2.26. The maximum absolute atomic E-state index is 12.1. The monoisotopic (exact) mass is 310 g/mol. The molecule has 1 saturated carbocycles. The average Bonchev–Trinajstić information content (AvgIpc) is 2.92. The van der Waals surface area contributed by atoms with Gasteiger partial charge in [-0.3, -0.25) is 9.59 Å². The molecule has 6 nitrogen and oxygen atoms in total. The number of rotatable bonds is 4. The van der Waals surface area contributed by atoms with Gasteiger partial charge in [-0.25, -0.2) is 13.1 Å². The number of amides is 2. The first-order chi connectivity index (χ1) is 9.88. The van der Waals surface area contributed by atoms with E-state index in [2.05, 4.69) is 10.0 Å². The minimum Gasteiger partial charge on any atom is -0.326 e. The van der Waals surface area contributed by atoms with Crippen LogP contribution in [0.2, 0.25) is 0 Å². The average molecular weight is 310 g/mol. The number of hydrogen-bond acceptors (Lipinski definition) is 4. The zero-order valence-electron chi connectivity index (χ0n) is 11.8. The van der Waals surface area contributed by atoms with E-state index in [9.17, 15) is 18.0 Å². The van der Waals surface area contributed by atoms with Gasteiger partial charge in [-0.1, -0.05) is 12.8 Å². The summed E-state index contributed by atoms with van der Waals surface area (Å²) >= 11 is 0. The van der Waals surface area contributed by atoms with Gasteiger partial charge in [0.25, 0.3) is 10.0 Å². The minimum absolute atomic E-state index is 0.00273. The first kappa shape index (κ1) is 15.5. The second-order valence-corrected chi connectivity index (χ2v) is 6.84. The van der Waals surface area contributed by atoms with Gasteiger partial charge in [0.2, 0.25) is 11.8 Å². The van der Waals surface area contributed by atoms with Crippen molar-refractivity contribution in [3.05, 3.63) is 24.3 Å².